The summed E-state index contributed by atoms with van der Waals surface area (Å²) >= 11 is 0. The molecule has 0 N–H and O–H groups in total. The molecule has 63 heavy (non-hydrogen) atoms. The fraction of sp³-hybridized carbons (Fsp3) is 0. The van der Waals surface area contributed by atoms with E-state index in [2.05, 4.69) is 224 Å². The first-order chi connectivity index (χ1) is 31.1. The number of rotatable bonds is 12. The number of para-hydroxylation sites is 1. The van der Waals surface area contributed by atoms with Gasteiger partial charge in [0.15, 0.2) is 0 Å². The predicted molar refractivity (Wildman–Crippen MR) is 270 cm³/mol. The average molecular weight is 811 g/mol. The number of nitrogens with zero attached hydrogens (tertiary/aromatic N) is 2. The van der Waals surface area contributed by atoms with E-state index in [4.69, 9.17) is 4.42 Å². The summed E-state index contributed by atoms with van der Waals surface area (Å²) in [5, 5.41) is 3.30. The number of hydrogen-bond donors (Lipinski definition) is 0. The Morgan fingerprint density at radius 1 is 0.476 bits per heavy atom. The Morgan fingerprint density at radius 3 is 1.67 bits per heavy atom. The van der Waals surface area contributed by atoms with E-state index in [1.165, 1.54) is 0 Å². The molecule has 7 aromatic carbocycles. The standard InChI is InChI=1S/C60H46N2O/c1-4-18-44(5-2)47-25-32-54(33-26-47)61(40-17-22-45(6-3)46-19-12-9-13-20-46)55-34-27-48(28-35-55)50-30-37-59-56(42-50)57-43-51(31-38-60(57)63-59)49-29-36-58-52(41-49)21-11-7-8-16-39-62(58)53-23-14-10-15-24-53/h4-43H,1-3H2/b8-7?,21-11?,39-16?,40-17+,44-18+,45-22+. The second kappa shape index (κ2) is 18.5. The highest BCUT2D eigenvalue weighted by Crippen LogP contribution is 2.37. The summed E-state index contributed by atoms with van der Waals surface area (Å²) < 4.78 is 8.63. The predicted octanol–water partition coefficient (Wildman–Crippen LogP) is 16.7. The quantitative estimate of drug-likeness (QED) is 0.115. The Bertz CT molecular complexity index is 3250. The Labute approximate surface area is 369 Å². The van der Waals surface area contributed by atoms with Crippen LogP contribution in [0.5, 0.6) is 0 Å². The van der Waals surface area contributed by atoms with Crippen molar-refractivity contribution in [3.05, 3.63) is 274 Å². The molecule has 0 aliphatic carbocycles. The summed E-state index contributed by atoms with van der Waals surface area (Å²) in [6.07, 6.45) is 15.9. The molecule has 0 fully saturated rings. The molecule has 0 aliphatic heterocycles. The summed E-state index contributed by atoms with van der Waals surface area (Å²) in [6, 6.07) is 68.1. The molecular weight excluding hydrogens is 765 g/mol. The van der Waals surface area contributed by atoms with E-state index in [0.717, 1.165) is 94.4 Å². The van der Waals surface area contributed by atoms with E-state index >= 15 is 0 Å². The lowest BCUT2D eigenvalue weighted by Gasteiger charge is -2.22. The monoisotopic (exact) mass is 810 g/mol. The largest absolute Gasteiger partial charge is 0.456 e. The Morgan fingerprint density at radius 2 is 1.00 bits per heavy atom. The van der Waals surface area contributed by atoms with Crippen LogP contribution < -0.4 is 4.90 Å². The maximum absolute atomic E-state index is 6.39. The molecule has 0 amide bonds. The third-order valence-corrected chi connectivity index (χ3v) is 11.3. The van der Waals surface area contributed by atoms with Gasteiger partial charge < -0.3 is 13.9 Å². The van der Waals surface area contributed by atoms with E-state index in [1.807, 2.05) is 42.5 Å². The summed E-state index contributed by atoms with van der Waals surface area (Å²) in [7, 11) is 0. The number of aromatic nitrogens is 1. The second-order valence-corrected chi connectivity index (χ2v) is 15.1. The van der Waals surface area contributed by atoms with Gasteiger partial charge in [-0.1, -0.05) is 165 Å². The SMILES string of the molecule is C=C/C=C(\C=C)c1ccc(N(/C=C/C=C(\C=C)c2ccccc2)c2ccc(-c3ccc4oc5ccc(-c6ccc7c(ccccccn7-c7ccccc7)c6)cc5c4c3)cc2)cc1. The van der Waals surface area contributed by atoms with Gasteiger partial charge in [0.2, 0.25) is 0 Å². The number of anilines is 2. The normalized spacial score (nSPS) is 11.8. The van der Waals surface area contributed by atoms with E-state index in [9.17, 15) is 0 Å². The van der Waals surface area contributed by atoms with Crippen LogP contribution in [0.2, 0.25) is 0 Å². The van der Waals surface area contributed by atoms with E-state index in [1.54, 1.807) is 6.08 Å². The van der Waals surface area contributed by atoms with E-state index < -0.39 is 0 Å². The molecule has 0 radical (unpaired) electrons. The lowest BCUT2D eigenvalue weighted by Crippen LogP contribution is -2.08. The van der Waals surface area contributed by atoms with Crippen molar-refractivity contribution in [3.63, 3.8) is 0 Å². The van der Waals surface area contributed by atoms with Crippen molar-refractivity contribution in [3.8, 4) is 27.9 Å². The summed E-state index contributed by atoms with van der Waals surface area (Å²) in [4.78, 5) is 2.20. The van der Waals surface area contributed by atoms with Crippen LogP contribution >= 0.6 is 0 Å². The van der Waals surface area contributed by atoms with Crippen molar-refractivity contribution < 1.29 is 4.42 Å². The van der Waals surface area contributed by atoms with Crippen LogP contribution in [0, 0.1) is 0 Å². The smallest absolute Gasteiger partial charge is 0.135 e. The topological polar surface area (TPSA) is 21.3 Å². The third-order valence-electron chi connectivity index (χ3n) is 11.3. The van der Waals surface area contributed by atoms with Crippen molar-refractivity contribution in [2.75, 3.05) is 4.90 Å². The van der Waals surface area contributed by atoms with Crippen LogP contribution in [0.25, 0.3) is 71.9 Å². The maximum atomic E-state index is 6.39. The van der Waals surface area contributed by atoms with Gasteiger partial charge in [-0.05, 0) is 135 Å². The summed E-state index contributed by atoms with van der Waals surface area (Å²) in [6.45, 7) is 11.9. The summed E-state index contributed by atoms with van der Waals surface area (Å²) in [5.41, 5.74) is 14.8. The molecule has 2 aromatic heterocycles. The van der Waals surface area contributed by atoms with Crippen LogP contribution in [-0.2, 0) is 0 Å². The van der Waals surface area contributed by atoms with Gasteiger partial charge in [0.05, 0.1) is 5.52 Å². The summed E-state index contributed by atoms with van der Waals surface area (Å²) in [5.74, 6) is 0. The lowest BCUT2D eigenvalue weighted by molar-refractivity contribution is 0.669. The van der Waals surface area contributed by atoms with Crippen LogP contribution in [0.1, 0.15) is 11.1 Å². The highest BCUT2D eigenvalue weighted by molar-refractivity contribution is 6.08. The molecule has 2 heterocycles. The van der Waals surface area contributed by atoms with Crippen molar-refractivity contribution in [1.29, 1.82) is 0 Å². The first-order valence-electron chi connectivity index (χ1n) is 21.1. The van der Waals surface area contributed by atoms with E-state index in [0.29, 0.717) is 0 Å². The van der Waals surface area contributed by atoms with Gasteiger partial charge >= 0.3 is 0 Å². The minimum Gasteiger partial charge on any atom is -0.456 e. The highest BCUT2D eigenvalue weighted by Gasteiger charge is 2.13. The highest BCUT2D eigenvalue weighted by atomic mass is 16.3. The first kappa shape index (κ1) is 40.0. The first-order valence-corrected chi connectivity index (χ1v) is 21.1. The fourth-order valence-electron chi connectivity index (χ4n) is 8.05. The lowest BCUT2D eigenvalue weighted by atomic mass is 9.99. The number of hydrogen-bond acceptors (Lipinski definition) is 2. The van der Waals surface area contributed by atoms with Crippen LogP contribution in [0.15, 0.2) is 267 Å². The zero-order chi connectivity index (χ0) is 43.0. The van der Waals surface area contributed by atoms with Crippen molar-refractivity contribution >= 4 is 55.4 Å². The molecule has 3 nitrogen and oxygen atoms in total. The Hall–Kier alpha value is -8.40. The van der Waals surface area contributed by atoms with Gasteiger partial charge in [-0.2, -0.15) is 0 Å². The molecule has 0 aliphatic rings. The molecule has 3 heteroatoms. The zero-order valence-electron chi connectivity index (χ0n) is 35.0. The number of allylic oxidation sites excluding steroid dienone is 8. The molecule has 302 valence electrons. The van der Waals surface area contributed by atoms with Gasteiger partial charge in [-0.25, -0.2) is 0 Å². The molecule has 0 unspecified atom stereocenters. The van der Waals surface area contributed by atoms with Gasteiger partial charge in [-0.15, -0.1) is 0 Å². The van der Waals surface area contributed by atoms with Crippen molar-refractivity contribution in [2.45, 2.75) is 0 Å². The van der Waals surface area contributed by atoms with E-state index in [-0.39, 0.29) is 0 Å². The third kappa shape index (κ3) is 8.63. The molecule has 9 rings (SSSR count). The Balaban J connectivity index is 1.06. The fourth-order valence-corrected chi connectivity index (χ4v) is 8.05. The molecule has 0 bridgehead atoms. The Kier molecular flexibility index (Phi) is 11.7. The molecule has 0 spiro atoms. The van der Waals surface area contributed by atoms with Gasteiger partial charge in [0.25, 0.3) is 0 Å². The number of benzene rings is 7. The van der Waals surface area contributed by atoms with Crippen LogP contribution in [0.3, 0.4) is 0 Å². The minimum atomic E-state index is 0.863. The van der Waals surface area contributed by atoms with Gasteiger partial charge in [0, 0.05) is 40.2 Å². The van der Waals surface area contributed by atoms with Crippen molar-refractivity contribution in [2.24, 2.45) is 0 Å². The van der Waals surface area contributed by atoms with Crippen LogP contribution in [0.4, 0.5) is 11.4 Å². The average Bonchev–Trinajstić information content (AvgIpc) is 3.75. The second-order valence-electron chi connectivity index (χ2n) is 15.1. The van der Waals surface area contributed by atoms with Crippen molar-refractivity contribution in [1.82, 2.24) is 4.57 Å². The molecule has 0 saturated carbocycles. The van der Waals surface area contributed by atoms with Gasteiger partial charge in [0.1, 0.15) is 11.2 Å². The minimum absolute atomic E-state index is 0.863. The molecule has 9 aromatic rings. The molecule has 0 atom stereocenters. The molecular formula is C60H46N2O. The van der Waals surface area contributed by atoms with Crippen LogP contribution in [-0.4, -0.2) is 4.57 Å². The number of furan rings is 1. The number of fused-ring (bicyclic) bond motifs is 4. The van der Waals surface area contributed by atoms with Gasteiger partial charge in [-0.3, -0.25) is 0 Å². The maximum Gasteiger partial charge on any atom is 0.135 e. The zero-order valence-corrected chi connectivity index (χ0v) is 35.0. The molecule has 0 saturated heterocycles.